The van der Waals surface area contributed by atoms with E-state index in [0.29, 0.717) is 0 Å². The minimum atomic E-state index is -5.06. The SMILES string of the molecule is CO[C@](C(=O)O[C@@H]1C[C@]2(C)C=C(/C=C/N=C(Cl)Cl)CC[C@H]2C(C)(C)[C@H]1Cl)(c1ccccc1)C(F)(F)F. The molecule has 0 bridgehead atoms. The van der Waals surface area contributed by atoms with Gasteiger partial charge < -0.3 is 9.47 Å². The number of benzene rings is 1. The van der Waals surface area contributed by atoms with Gasteiger partial charge in [0.05, 0.1) is 5.38 Å². The highest BCUT2D eigenvalue weighted by molar-refractivity contribution is 6.95. The molecule has 2 aliphatic rings. The fraction of sp³-hybridized carbons (Fsp3) is 0.538. The Labute approximate surface area is 224 Å². The zero-order chi connectivity index (χ0) is 26.9. The second-order valence-corrected chi connectivity index (χ2v) is 11.5. The molecule has 198 valence electrons. The molecule has 0 radical (unpaired) electrons. The van der Waals surface area contributed by atoms with Gasteiger partial charge in [-0.25, -0.2) is 9.79 Å². The third kappa shape index (κ3) is 5.35. The molecule has 0 aliphatic heterocycles. The van der Waals surface area contributed by atoms with Crippen LogP contribution in [-0.4, -0.2) is 35.4 Å². The molecule has 3 rings (SSSR count). The van der Waals surface area contributed by atoms with E-state index in [9.17, 15) is 18.0 Å². The Morgan fingerprint density at radius 3 is 2.36 bits per heavy atom. The van der Waals surface area contributed by atoms with Crippen LogP contribution in [0.25, 0.3) is 0 Å². The summed E-state index contributed by atoms with van der Waals surface area (Å²) in [5.74, 6) is -1.42. The number of allylic oxidation sites excluding steroid dienone is 3. The van der Waals surface area contributed by atoms with E-state index in [1.54, 1.807) is 12.1 Å². The summed E-state index contributed by atoms with van der Waals surface area (Å²) < 4.78 is 53.5. The summed E-state index contributed by atoms with van der Waals surface area (Å²) in [4.78, 5) is 17.2. The largest absolute Gasteiger partial charge is 0.458 e. The molecule has 36 heavy (non-hydrogen) atoms. The Kier molecular flexibility index (Phi) is 8.61. The van der Waals surface area contributed by atoms with Crippen LogP contribution >= 0.6 is 34.8 Å². The van der Waals surface area contributed by atoms with Gasteiger partial charge in [-0.05, 0) is 70.9 Å². The molecular weight excluding hydrogens is 538 g/mol. The van der Waals surface area contributed by atoms with Crippen molar-refractivity contribution in [2.24, 2.45) is 21.7 Å². The molecule has 1 aromatic carbocycles. The third-order valence-corrected chi connectivity index (χ3v) is 8.54. The zero-order valence-electron chi connectivity index (χ0n) is 20.4. The van der Waals surface area contributed by atoms with Crippen LogP contribution in [0.4, 0.5) is 13.2 Å². The van der Waals surface area contributed by atoms with Gasteiger partial charge in [0, 0.05) is 18.9 Å². The fourth-order valence-electron chi connectivity index (χ4n) is 5.90. The van der Waals surface area contributed by atoms with Gasteiger partial charge in [0.25, 0.3) is 5.60 Å². The molecule has 10 heteroatoms. The first-order valence-electron chi connectivity index (χ1n) is 11.5. The average molecular weight is 567 g/mol. The van der Waals surface area contributed by atoms with Gasteiger partial charge in [0.1, 0.15) is 6.10 Å². The van der Waals surface area contributed by atoms with Gasteiger partial charge in [0.2, 0.25) is 0 Å². The number of hydrogen-bond acceptors (Lipinski definition) is 4. The Morgan fingerprint density at radius 1 is 1.17 bits per heavy atom. The Balaban J connectivity index is 1.98. The molecule has 1 aromatic rings. The van der Waals surface area contributed by atoms with E-state index < -0.39 is 40.1 Å². The number of esters is 1. The van der Waals surface area contributed by atoms with Gasteiger partial charge in [-0.3, -0.25) is 0 Å². The van der Waals surface area contributed by atoms with E-state index in [1.165, 1.54) is 30.5 Å². The van der Waals surface area contributed by atoms with Gasteiger partial charge in [-0.1, -0.05) is 57.2 Å². The van der Waals surface area contributed by atoms with Crippen LogP contribution in [0, 0.1) is 16.7 Å². The lowest BCUT2D eigenvalue weighted by atomic mass is 9.52. The molecule has 0 aromatic heterocycles. The van der Waals surface area contributed by atoms with Crippen molar-refractivity contribution < 1.29 is 27.4 Å². The van der Waals surface area contributed by atoms with Crippen molar-refractivity contribution in [1.29, 1.82) is 0 Å². The number of nitrogens with zero attached hydrogens (tertiary/aromatic N) is 1. The lowest BCUT2D eigenvalue weighted by molar-refractivity contribution is -0.279. The van der Waals surface area contributed by atoms with Crippen LogP contribution < -0.4 is 0 Å². The molecular formula is C26H29Cl3F3NO3. The average Bonchev–Trinajstić information content (AvgIpc) is 2.77. The number of methoxy groups -OCH3 is 1. The van der Waals surface area contributed by atoms with Gasteiger partial charge >= 0.3 is 12.1 Å². The maximum Gasteiger partial charge on any atom is 0.432 e. The summed E-state index contributed by atoms with van der Waals surface area (Å²) in [6, 6.07) is 6.75. The van der Waals surface area contributed by atoms with Crippen LogP contribution in [0.2, 0.25) is 0 Å². The van der Waals surface area contributed by atoms with E-state index >= 15 is 0 Å². The van der Waals surface area contributed by atoms with Crippen molar-refractivity contribution >= 4 is 45.4 Å². The topological polar surface area (TPSA) is 47.9 Å². The van der Waals surface area contributed by atoms with E-state index in [2.05, 4.69) is 11.1 Å². The minimum absolute atomic E-state index is 0.114. The van der Waals surface area contributed by atoms with Crippen LogP contribution in [-0.2, 0) is 19.9 Å². The number of rotatable bonds is 6. The highest BCUT2D eigenvalue weighted by Gasteiger charge is 2.65. The molecule has 0 N–H and O–H groups in total. The van der Waals surface area contributed by atoms with Crippen LogP contribution in [0.5, 0.6) is 0 Å². The predicted molar refractivity (Wildman–Crippen MR) is 136 cm³/mol. The smallest absolute Gasteiger partial charge is 0.432 e. The quantitative estimate of drug-likeness (QED) is 0.201. The molecule has 1 saturated carbocycles. The van der Waals surface area contributed by atoms with E-state index in [1.807, 2.05) is 20.8 Å². The number of ether oxygens (including phenoxy) is 2. The maximum atomic E-state index is 14.4. The number of aliphatic imine (C=N–C) groups is 1. The van der Waals surface area contributed by atoms with Crippen molar-refractivity contribution in [2.75, 3.05) is 7.11 Å². The Hall–Kier alpha value is -1.54. The molecule has 0 amide bonds. The highest BCUT2D eigenvalue weighted by Crippen LogP contribution is 2.59. The number of halogens is 6. The first-order chi connectivity index (χ1) is 16.7. The first kappa shape index (κ1) is 29.0. The number of alkyl halides is 4. The van der Waals surface area contributed by atoms with Crippen molar-refractivity contribution in [2.45, 2.75) is 63.3 Å². The standard InChI is InChI=1S/C26H29Cl3F3NO3/c1-23(2)19-11-10-16(12-13-33-22(28)29)14-24(19,3)15-18(20(23)27)36-21(34)25(35-4,26(30,31)32)17-8-6-5-7-9-17/h5-9,12-14,18-20H,10-11,15H2,1-4H3/b13-12+/t18-,19+,20+,24+,25+/m1/s1. The normalized spacial score (nSPS) is 29.6. The number of fused-ring (bicyclic) bond motifs is 1. The lowest BCUT2D eigenvalue weighted by Gasteiger charge is -2.56. The van der Waals surface area contributed by atoms with Crippen molar-refractivity contribution in [3.05, 3.63) is 59.8 Å². The van der Waals surface area contributed by atoms with E-state index in [0.717, 1.165) is 25.5 Å². The summed E-state index contributed by atoms with van der Waals surface area (Å²) in [6.07, 6.45) is 1.13. The number of carbonyl (C=O) groups is 1. The molecule has 0 unspecified atom stereocenters. The van der Waals surface area contributed by atoms with Gasteiger partial charge in [0.15, 0.2) is 4.63 Å². The summed E-state index contributed by atoms with van der Waals surface area (Å²) in [5.41, 5.74) is -3.69. The monoisotopic (exact) mass is 565 g/mol. The molecule has 5 atom stereocenters. The maximum absolute atomic E-state index is 14.4. The lowest BCUT2D eigenvalue weighted by Crippen LogP contribution is -2.58. The second kappa shape index (κ2) is 10.7. The first-order valence-corrected chi connectivity index (χ1v) is 12.7. The second-order valence-electron chi connectivity index (χ2n) is 10.1. The van der Waals surface area contributed by atoms with Crippen LogP contribution in [0.15, 0.2) is 59.2 Å². The highest BCUT2D eigenvalue weighted by atomic mass is 35.5. The third-order valence-electron chi connectivity index (χ3n) is 7.50. The van der Waals surface area contributed by atoms with Crippen LogP contribution in [0.3, 0.4) is 0 Å². The summed E-state index contributed by atoms with van der Waals surface area (Å²) >= 11 is 18.0. The van der Waals surface area contributed by atoms with Crippen molar-refractivity contribution in [3.8, 4) is 0 Å². The van der Waals surface area contributed by atoms with Gasteiger partial charge in [-0.2, -0.15) is 13.2 Å². The fourth-order valence-corrected chi connectivity index (χ4v) is 6.30. The number of hydrogen-bond donors (Lipinski definition) is 0. The predicted octanol–water partition coefficient (Wildman–Crippen LogP) is 7.73. The van der Waals surface area contributed by atoms with E-state index in [-0.39, 0.29) is 22.5 Å². The molecule has 0 saturated heterocycles. The Bertz CT molecular complexity index is 1050. The number of carbonyl (C=O) groups excluding carboxylic acids is 1. The van der Waals surface area contributed by atoms with Gasteiger partial charge in [-0.15, -0.1) is 11.6 Å². The molecule has 2 aliphatic carbocycles. The van der Waals surface area contributed by atoms with Crippen LogP contribution in [0.1, 0.15) is 45.6 Å². The molecule has 1 fully saturated rings. The van der Waals surface area contributed by atoms with Crippen molar-refractivity contribution in [1.82, 2.24) is 0 Å². The molecule has 4 nitrogen and oxygen atoms in total. The summed E-state index contributed by atoms with van der Waals surface area (Å²) in [6.45, 7) is 5.94. The van der Waals surface area contributed by atoms with E-state index in [4.69, 9.17) is 44.3 Å². The summed E-state index contributed by atoms with van der Waals surface area (Å²) in [5, 5.41) is -0.705. The molecule has 0 spiro atoms. The molecule has 0 heterocycles. The minimum Gasteiger partial charge on any atom is -0.458 e. The summed E-state index contributed by atoms with van der Waals surface area (Å²) in [7, 11) is 0.847. The zero-order valence-corrected chi connectivity index (χ0v) is 22.7. The van der Waals surface area contributed by atoms with Crippen molar-refractivity contribution in [3.63, 3.8) is 0 Å². The Morgan fingerprint density at radius 2 is 1.81 bits per heavy atom.